The third kappa shape index (κ3) is 4.92. The second-order valence-corrected chi connectivity index (χ2v) is 5.29. The number of hydrogen-bond acceptors (Lipinski definition) is 4. The van der Waals surface area contributed by atoms with Gasteiger partial charge in [0.25, 0.3) is 5.91 Å². The van der Waals surface area contributed by atoms with Crippen molar-refractivity contribution in [3.8, 4) is 0 Å². The lowest BCUT2D eigenvalue weighted by atomic mass is 9.99. The molecule has 0 aliphatic heterocycles. The van der Waals surface area contributed by atoms with Crippen LogP contribution in [0.5, 0.6) is 0 Å². The van der Waals surface area contributed by atoms with E-state index in [1.54, 1.807) is 0 Å². The van der Waals surface area contributed by atoms with Crippen LogP contribution in [0.1, 0.15) is 42.1 Å². The van der Waals surface area contributed by atoms with Gasteiger partial charge in [-0.25, -0.2) is 4.79 Å². The minimum absolute atomic E-state index is 0.325. The summed E-state index contributed by atoms with van der Waals surface area (Å²) < 4.78 is 4.96. The van der Waals surface area contributed by atoms with Crippen molar-refractivity contribution in [2.45, 2.75) is 26.2 Å². The van der Waals surface area contributed by atoms with Crippen LogP contribution in [-0.4, -0.2) is 23.5 Å². The highest BCUT2D eigenvalue weighted by molar-refractivity contribution is 5.95. The highest BCUT2D eigenvalue weighted by atomic mass is 16.5. The zero-order valence-electron chi connectivity index (χ0n) is 13.3. The van der Waals surface area contributed by atoms with E-state index in [2.05, 4.69) is 24.1 Å². The first-order chi connectivity index (χ1) is 11.1. The van der Waals surface area contributed by atoms with Crippen LogP contribution < -0.4 is 5.32 Å². The summed E-state index contributed by atoms with van der Waals surface area (Å²) in [4.78, 5) is 27.4. The fourth-order valence-corrected chi connectivity index (χ4v) is 2.03. The molecule has 120 valence electrons. The number of amides is 1. The zero-order valence-corrected chi connectivity index (χ0v) is 13.3. The van der Waals surface area contributed by atoms with E-state index in [0.29, 0.717) is 17.2 Å². The highest BCUT2D eigenvalue weighted by Crippen LogP contribution is 2.20. The van der Waals surface area contributed by atoms with E-state index < -0.39 is 5.97 Å². The van der Waals surface area contributed by atoms with Gasteiger partial charge in [-0.2, -0.15) is 0 Å². The van der Waals surface area contributed by atoms with E-state index in [1.165, 1.54) is 30.1 Å². The van der Waals surface area contributed by atoms with Gasteiger partial charge in [-0.3, -0.25) is 9.78 Å². The normalized spacial score (nSPS) is 11.6. The number of rotatable bonds is 6. The second-order valence-electron chi connectivity index (χ2n) is 5.29. The minimum Gasteiger partial charge on any atom is -0.452 e. The van der Waals surface area contributed by atoms with Crippen LogP contribution in [0.25, 0.3) is 0 Å². The van der Waals surface area contributed by atoms with Gasteiger partial charge >= 0.3 is 5.97 Å². The van der Waals surface area contributed by atoms with E-state index >= 15 is 0 Å². The van der Waals surface area contributed by atoms with Crippen molar-refractivity contribution < 1.29 is 14.3 Å². The zero-order chi connectivity index (χ0) is 16.7. The second kappa shape index (κ2) is 8.08. The van der Waals surface area contributed by atoms with E-state index in [1.807, 2.05) is 24.3 Å². The summed E-state index contributed by atoms with van der Waals surface area (Å²) in [5.74, 6) is -0.431. The van der Waals surface area contributed by atoms with Gasteiger partial charge in [-0.1, -0.05) is 26.0 Å². The lowest BCUT2D eigenvalue weighted by Gasteiger charge is -2.10. The summed E-state index contributed by atoms with van der Waals surface area (Å²) in [6.07, 6.45) is 4.06. The smallest absolute Gasteiger partial charge is 0.338 e. The Labute approximate surface area is 135 Å². The van der Waals surface area contributed by atoms with Gasteiger partial charge in [-0.15, -0.1) is 0 Å². The predicted molar refractivity (Wildman–Crippen MR) is 88.3 cm³/mol. The molecule has 5 nitrogen and oxygen atoms in total. The molecule has 2 aromatic rings. The topological polar surface area (TPSA) is 68.3 Å². The van der Waals surface area contributed by atoms with Gasteiger partial charge in [0.2, 0.25) is 0 Å². The standard InChI is InChI=1S/C18H20N2O3/c1-3-13(2)14-4-6-16(7-5-14)20-17(21)12-23-18(22)15-8-10-19-11-9-15/h4-11,13H,3,12H2,1-2H3,(H,20,21)/t13-/m1/s1. The number of esters is 1. The number of anilines is 1. The van der Waals surface area contributed by atoms with Crippen molar-refractivity contribution in [2.75, 3.05) is 11.9 Å². The lowest BCUT2D eigenvalue weighted by molar-refractivity contribution is -0.119. The van der Waals surface area contributed by atoms with Crippen molar-refractivity contribution in [1.82, 2.24) is 4.98 Å². The molecule has 0 aliphatic rings. The monoisotopic (exact) mass is 312 g/mol. The summed E-state index contributed by atoms with van der Waals surface area (Å²) in [5, 5.41) is 2.70. The van der Waals surface area contributed by atoms with Crippen LogP contribution in [0, 0.1) is 0 Å². The highest BCUT2D eigenvalue weighted by Gasteiger charge is 2.10. The summed E-state index contributed by atoms with van der Waals surface area (Å²) >= 11 is 0. The molecular weight excluding hydrogens is 292 g/mol. The van der Waals surface area contributed by atoms with Gasteiger partial charge in [0.05, 0.1) is 5.56 Å². The number of nitrogens with zero attached hydrogens (tertiary/aromatic N) is 1. The number of hydrogen-bond donors (Lipinski definition) is 1. The summed E-state index contributed by atoms with van der Waals surface area (Å²) in [6.45, 7) is 3.97. The molecule has 1 aromatic carbocycles. The minimum atomic E-state index is -0.547. The molecule has 23 heavy (non-hydrogen) atoms. The predicted octanol–water partition coefficient (Wildman–Crippen LogP) is 3.39. The molecule has 1 N–H and O–H groups in total. The first-order valence-electron chi connectivity index (χ1n) is 7.57. The molecule has 1 heterocycles. The molecule has 1 aromatic heterocycles. The Morgan fingerprint density at radius 3 is 2.39 bits per heavy atom. The van der Waals surface area contributed by atoms with Gasteiger partial charge in [0.15, 0.2) is 6.61 Å². The first kappa shape index (κ1) is 16.7. The van der Waals surface area contributed by atoms with Gasteiger partial charge in [0.1, 0.15) is 0 Å². The quantitative estimate of drug-likeness (QED) is 0.830. The molecular formula is C18H20N2O3. The van der Waals surface area contributed by atoms with Crippen molar-refractivity contribution in [2.24, 2.45) is 0 Å². The third-order valence-corrected chi connectivity index (χ3v) is 3.63. The van der Waals surface area contributed by atoms with Crippen LogP contribution >= 0.6 is 0 Å². The molecule has 0 saturated heterocycles. The van der Waals surface area contributed by atoms with E-state index in [-0.39, 0.29) is 12.5 Å². The number of aromatic nitrogens is 1. The molecule has 5 heteroatoms. The Bertz CT molecular complexity index is 654. The SMILES string of the molecule is CC[C@@H](C)c1ccc(NC(=O)COC(=O)c2ccncc2)cc1. The Morgan fingerprint density at radius 1 is 1.13 bits per heavy atom. The van der Waals surface area contributed by atoms with Crippen molar-refractivity contribution >= 4 is 17.6 Å². The third-order valence-electron chi connectivity index (χ3n) is 3.63. The largest absolute Gasteiger partial charge is 0.452 e. The maximum absolute atomic E-state index is 11.8. The number of carbonyl (C=O) groups is 2. The van der Waals surface area contributed by atoms with Crippen LogP contribution in [0.15, 0.2) is 48.8 Å². The van der Waals surface area contributed by atoms with E-state index in [0.717, 1.165) is 6.42 Å². The Morgan fingerprint density at radius 2 is 1.78 bits per heavy atom. The maximum atomic E-state index is 11.8. The number of carbonyl (C=O) groups excluding carboxylic acids is 2. The van der Waals surface area contributed by atoms with Crippen LogP contribution in [0.2, 0.25) is 0 Å². The first-order valence-corrected chi connectivity index (χ1v) is 7.57. The van der Waals surface area contributed by atoms with Crippen molar-refractivity contribution in [3.05, 3.63) is 59.9 Å². The number of benzene rings is 1. The van der Waals surface area contributed by atoms with Crippen LogP contribution in [0.3, 0.4) is 0 Å². The molecule has 0 saturated carbocycles. The van der Waals surface area contributed by atoms with Gasteiger partial charge in [-0.05, 0) is 42.2 Å². The molecule has 0 bridgehead atoms. The fourth-order valence-electron chi connectivity index (χ4n) is 2.03. The number of pyridine rings is 1. The molecule has 0 aliphatic carbocycles. The summed E-state index contributed by atoms with van der Waals surface area (Å²) in [7, 11) is 0. The van der Waals surface area contributed by atoms with Crippen molar-refractivity contribution in [1.29, 1.82) is 0 Å². The fraction of sp³-hybridized carbons (Fsp3) is 0.278. The maximum Gasteiger partial charge on any atom is 0.338 e. The summed E-state index contributed by atoms with van der Waals surface area (Å²) in [5.41, 5.74) is 2.28. The molecule has 2 rings (SSSR count). The van der Waals surface area contributed by atoms with E-state index in [4.69, 9.17) is 4.74 Å². The molecule has 1 atom stereocenters. The molecule has 0 radical (unpaired) electrons. The Hall–Kier alpha value is -2.69. The van der Waals surface area contributed by atoms with Crippen molar-refractivity contribution in [3.63, 3.8) is 0 Å². The van der Waals surface area contributed by atoms with Crippen LogP contribution in [-0.2, 0) is 9.53 Å². The Balaban J connectivity index is 1.84. The molecule has 0 spiro atoms. The molecule has 0 unspecified atom stereocenters. The average molecular weight is 312 g/mol. The van der Waals surface area contributed by atoms with Crippen LogP contribution in [0.4, 0.5) is 5.69 Å². The Kier molecular flexibility index (Phi) is 5.86. The number of nitrogens with one attached hydrogen (secondary N) is 1. The van der Waals surface area contributed by atoms with Gasteiger partial charge < -0.3 is 10.1 Å². The summed E-state index contributed by atoms with van der Waals surface area (Å²) in [6, 6.07) is 10.8. The molecule has 1 amide bonds. The average Bonchev–Trinajstić information content (AvgIpc) is 2.60. The number of ether oxygens (including phenoxy) is 1. The molecule has 0 fully saturated rings. The lowest BCUT2D eigenvalue weighted by Crippen LogP contribution is -2.20. The van der Waals surface area contributed by atoms with Gasteiger partial charge in [0, 0.05) is 18.1 Å². The van der Waals surface area contributed by atoms with E-state index in [9.17, 15) is 9.59 Å².